The van der Waals surface area contributed by atoms with E-state index in [0.717, 1.165) is 12.7 Å². The Hall–Kier alpha value is -3.70. The fourth-order valence-corrected chi connectivity index (χ4v) is 0.923. The minimum absolute atomic E-state index is 0.190. The van der Waals surface area contributed by atoms with Crippen LogP contribution in [0.25, 0.3) is 0 Å². The number of nitrogens with two attached hydrogens (primary N) is 2. The van der Waals surface area contributed by atoms with E-state index >= 15 is 0 Å². The summed E-state index contributed by atoms with van der Waals surface area (Å²) in [4.78, 5) is 20.9. The molecule has 8 N–H and O–H groups in total. The summed E-state index contributed by atoms with van der Waals surface area (Å²) in [5, 5.41) is 28.2. The average Bonchev–Trinajstić information content (AvgIpc) is 2.50. The third-order valence-electron chi connectivity index (χ3n) is 1.64. The summed E-state index contributed by atoms with van der Waals surface area (Å²) < 4.78 is 0. The molecule has 22 heavy (non-hydrogen) atoms. The first-order valence-electron chi connectivity index (χ1n) is 5.18. The summed E-state index contributed by atoms with van der Waals surface area (Å²) in [6.45, 7) is 0. The Bertz CT molecular complexity index is 509. The molecular weight excluding hydrogens is 296 g/mol. The minimum atomic E-state index is -1.23. The molecule has 0 fully saturated rings. The van der Waals surface area contributed by atoms with Crippen molar-refractivity contribution < 1.29 is 19.8 Å². The largest absolute Gasteiger partial charge is 0.478 e. The highest BCUT2D eigenvalue weighted by Crippen LogP contribution is 2.07. The molecule has 1 aromatic rings. The molecule has 118 valence electrons. The van der Waals surface area contributed by atoms with Gasteiger partial charge in [-0.1, -0.05) is 12.1 Å². The molecule has 0 amide bonds. The first kappa shape index (κ1) is 20.6. The molecule has 0 aliphatic rings. The van der Waals surface area contributed by atoms with Gasteiger partial charge in [-0.05, 0) is 12.1 Å². The van der Waals surface area contributed by atoms with Gasteiger partial charge in [0.1, 0.15) is 0 Å². The third-order valence-corrected chi connectivity index (χ3v) is 1.64. The standard InChI is InChI=1S/C8H6O4.2CH4N4/c9-7(10)5-3-1-2-4-6(5)8(11)12;2*2-4-1-5-3/h1-4H,(H,9,10)(H,11,12);2*1-2H,3H2. The maximum Gasteiger partial charge on any atom is 0.336 e. The van der Waals surface area contributed by atoms with Crippen LogP contribution in [0.15, 0.2) is 44.7 Å². The van der Waals surface area contributed by atoms with Gasteiger partial charge in [0.2, 0.25) is 0 Å². The van der Waals surface area contributed by atoms with Gasteiger partial charge in [0.25, 0.3) is 0 Å². The van der Waals surface area contributed by atoms with Crippen LogP contribution in [0.5, 0.6) is 0 Å². The number of benzene rings is 1. The van der Waals surface area contributed by atoms with Crippen molar-refractivity contribution in [3.63, 3.8) is 0 Å². The van der Waals surface area contributed by atoms with Crippen molar-refractivity contribution in [2.45, 2.75) is 0 Å². The first-order chi connectivity index (χ1) is 10.5. The van der Waals surface area contributed by atoms with Crippen LogP contribution in [0.3, 0.4) is 0 Å². The fraction of sp³-hybridized carbons (Fsp3) is 0. The maximum absolute atomic E-state index is 10.5. The lowest BCUT2D eigenvalue weighted by molar-refractivity contribution is 0.0651. The minimum Gasteiger partial charge on any atom is -0.478 e. The summed E-state index contributed by atoms with van der Waals surface area (Å²) in [5.74, 6) is 6.53. The molecule has 0 aromatic heterocycles. The number of aromatic carboxylic acids is 2. The summed E-state index contributed by atoms with van der Waals surface area (Å²) in [6.07, 6.45) is 1.89. The maximum atomic E-state index is 10.5. The normalized spacial score (nSPS) is 9.09. The number of rotatable bonds is 4. The van der Waals surface area contributed by atoms with Gasteiger partial charge in [-0.15, -0.1) is 10.2 Å². The van der Waals surface area contributed by atoms with Crippen molar-refractivity contribution in [2.75, 3.05) is 0 Å². The second-order valence-electron chi connectivity index (χ2n) is 2.94. The van der Waals surface area contributed by atoms with Crippen molar-refractivity contribution in [3.05, 3.63) is 35.4 Å². The molecule has 12 heteroatoms. The number of carboxylic acids is 2. The van der Waals surface area contributed by atoms with Crippen LogP contribution in [-0.4, -0.2) is 34.8 Å². The number of nitrogens with zero attached hydrogens (tertiary/aromatic N) is 4. The fourth-order valence-electron chi connectivity index (χ4n) is 0.923. The third kappa shape index (κ3) is 10.2. The second-order valence-corrected chi connectivity index (χ2v) is 2.94. The highest BCUT2D eigenvalue weighted by molar-refractivity contribution is 6.01. The van der Waals surface area contributed by atoms with Gasteiger partial charge in [-0.2, -0.15) is 10.2 Å². The van der Waals surface area contributed by atoms with Crippen molar-refractivity contribution in [1.29, 1.82) is 11.1 Å². The van der Waals surface area contributed by atoms with Gasteiger partial charge in [-0.25, -0.2) is 20.7 Å². The van der Waals surface area contributed by atoms with E-state index in [1.165, 1.54) is 24.3 Å². The molecule has 0 atom stereocenters. The molecule has 0 unspecified atom stereocenters. The van der Waals surface area contributed by atoms with E-state index in [1.807, 2.05) is 0 Å². The van der Waals surface area contributed by atoms with E-state index < -0.39 is 11.9 Å². The summed E-state index contributed by atoms with van der Waals surface area (Å²) >= 11 is 0. The number of nitrogens with one attached hydrogen (secondary N) is 2. The first-order valence-corrected chi connectivity index (χ1v) is 5.18. The summed E-state index contributed by atoms with van der Waals surface area (Å²) in [7, 11) is 0. The predicted molar refractivity (Wildman–Crippen MR) is 76.0 cm³/mol. The van der Waals surface area contributed by atoms with Gasteiger partial charge >= 0.3 is 11.9 Å². The zero-order valence-electron chi connectivity index (χ0n) is 11.1. The number of hydrogen-bond donors (Lipinski definition) is 6. The Labute approximate surface area is 124 Å². The Morgan fingerprint density at radius 1 is 0.909 bits per heavy atom. The molecule has 0 saturated heterocycles. The van der Waals surface area contributed by atoms with Crippen molar-refractivity contribution in [1.82, 2.24) is 0 Å². The van der Waals surface area contributed by atoms with Crippen LogP contribution in [0.2, 0.25) is 0 Å². The van der Waals surface area contributed by atoms with Gasteiger partial charge in [0.05, 0.1) is 11.1 Å². The molecule has 1 rings (SSSR count). The van der Waals surface area contributed by atoms with E-state index in [0.29, 0.717) is 0 Å². The quantitative estimate of drug-likeness (QED) is 0.156. The van der Waals surface area contributed by atoms with Gasteiger partial charge in [-0.3, -0.25) is 0 Å². The Morgan fingerprint density at radius 3 is 1.36 bits per heavy atom. The molecule has 0 spiro atoms. The van der Waals surface area contributed by atoms with Gasteiger partial charge in [0, 0.05) is 0 Å². The Morgan fingerprint density at radius 2 is 1.23 bits per heavy atom. The van der Waals surface area contributed by atoms with Crippen LogP contribution in [0.1, 0.15) is 20.7 Å². The van der Waals surface area contributed by atoms with Crippen LogP contribution in [0.4, 0.5) is 0 Å². The van der Waals surface area contributed by atoms with Gasteiger partial charge < -0.3 is 21.9 Å². The van der Waals surface area contributed by atoms with Crippen LogP contribution < -0.4 is 11.7 Å². The second kappa shape index (κ2) is 13.7. The number of carboxylic acid groups (broad SMARTS) is 2. The predicted octanol–water partition coefficient (Wildman–Crippen LogP) is 0.922. The summed E-state index contributed by atoms with van der Waals surface area (Å²) in [5.41, 5.74) is 11.6. The molecule has 12 nitrogen and oxygen atoms in total. The number of hydrazone groups is 2. The monoisotopic (exact) mass is 310 g/mol. The SMILES string of the molecule is N=NC=NN.N=NC=NN.O=C(O)c1ccccc1C(=O)O. The molecule has 0 saturated carbocycles. The molecule has 0 bridgehead atoms. The smallest absolute Gasteiger partial charge is 0.336 e. The molecule has 1 aromatic carbocycles. The van der Waals surface area contributed by atoms with Gasteiger partial charge in [0.15, 0.2) is 12.7 Å². The van der Waals surface area contributed by atoms with E-state index in [2.05, 4.69) is 32.1 Å². The lowest BCUT2D eigenvalue weighted by Crippen LogP contribution is -2.06. The van der Waals surface area contributed by atoms with Crippen molar-refractivity contribution in [3.8, 4) is 0 Å². The highest BCUT2D eigenvalue weighted by atomic mass is 16.4. The van der Waals surface area contributed by atoms with Crippen LogP contribution in [0, 0.1) is 11.1 Å². The lowest BCUT2D eigenvalue weighted by atomic mass is 10.1. The molecular formula is C10H14N8O4. The topological polar surface area (TPSA) is 224 Å². The molecule has 0 aliphatic heterocycles. The Balaban J connectivity index is 0. The van der Waals surface area contributed by atoms with Crippen molar-refractivity contribution in [2.24, 2.45) is 32.1 Å². The van der Waals surface area contributed by atoms with E-state index in [1.54, 1.807) is 0 Å². The summed E-state index contributed by atoms with van der Waals surface area (Å²) in [6, 6.07) is 5.48. The Kier molecular flexibility index (Phi) is 12.9. The molecule has 0 heterocycles. The number of carbonyl (C=O) groups is 2. The van der Waals surface area contributed by atoms with E-state index in [9.17, 15) is 9.59 Å². The lowest BCUT2D eigenvalue weighted by Gasteiger charge is -1.98. The average molecular weight is 310 g/mol. The van der Waals surface area contributed by atoms with Crippen molar-refractivity contribution >= 4 is 24.6 Å². The zero-order valence-corrected chi connectivity index (χ0v) is 11.1. The van der Waals surface area contributed by atoms with E-state index in [4.69, 9.17) is 21.3 Å². The van der Waals surface area contributed by atoms with Crippen LogP contribution >= 0.6 is 0 Å². The highest BCUT2D eigenvalue weighted by Gasteiger charge is 2.13. The molecule has 0 aliphatic carbocycles. The zero-order chi connectivity index (χ0) is 17.4. The van der Waals surface area contributed by atoms with E-state index in [-0.39, 0.29) is 11.1 Å². The molecule has 0 radical (unpaired) electrons. The number of hydrogen-bond acceptors (Lipinski definition) is 8. The van der Waals surface area contributed by atoms with Crippen LogP contribution in [-0.2, 0) is 0 Å².